The first-order valence-electron chi connectivity index (χ1n) is 4.39. The average molecular weight is 303 g/mol. The zero-order chi connectivity index (χ0) is 12.3. The summed E-state index contributed by atoms with van der Waals surface area (Å²) in [5.41, 5.74) is 0. The van der Waals surface area contributed by atoms with Gasteiger partial charge in [-0.2, -0.15) is 0 Å². The lowest BCUT2D eigenvalue weighted by molar-refractivity contribution is 0.570. The van der Waals surface area contributed by atoms with E-state index in [1.807, 2.05) is 0 Å². The molecule has 1 aromatic carbocycles. The van der Waals surface area contributed by atoms with Crippen molar-refractivity contribution < 1.29 is 8.42 Å². The van der Waals surface area contributed by atoms with E-state index in [4.69, 9.17) is 34.8 Å². The van der Waals surface area contributed by atoms with Crippen molar-refractivity contribution in [3.63, 3.8) is 0 Å². The molecule has 0 heterocycles. The molecule has 0 aliphatic heterocycles. The van der Waals surface area contributed by atoms with Gasteiger partial charge < -0.3 is 0 Å². The van der Waals surface area contributed by atoms with Crippen molar-refractivity contribution in [3.05, 3.63) is 28.2 Å². The highest BCUT2D eigenvalue weighted by molar-refractivity contribution is 7.89. The lowest BCUT2D eigenvalue weighted by Gasteiger charge is -2.11. The van der Waals surface area contributed by atoms with Crippen molar-refractivity contribution in [2.45, 2.75) is 17.9 Å². The van der Waals surface area contributed by atoms with Crippen molar-refractivity contribution in [3.8, 4) is 0 Å². The Balaban J connectivity index is 3.07. The molecule has 0 aliphatic rings. The van der Waals surface area contributed by atoms with Gasteiger partial charge in [0.1, 0.15) is 0 Å². The van der Waals surface area contributed by atoms with E-state index in [1.165, 1.54) is 18.2 Å². The maximum Gasteiger partial charge on any atom is 0.240 e. The number of benzene rings is 1. The van der Waals surface area contributed by atoms with Crippen molar-refractivity contribution in [2.24, 2.45) is 0 Å². The molecule has 0 saturated carbocycles. The van der Waals surface area contributed by atoms with Gasteiger partial charge >= 0.3 is 0 Å². The monoisotopic (exact) mass is 301 g/mol. The fourth-order valence-electron chi connectivity index (χ4n) is 1.05. The van der Waals surface area contributed by atoms with Gasteiger partial charge in [0.2, 0.25) is 10.0 Å². The molecule has 0 spiro atoms. The lowest BCUT2D eigenvalue weighted by Crippen LogP contribution is -2.33. The summed E-state index contributed by atoms with van der Waals surface area (Å²) < 4.78 is 26.0. The second kappa shape index (κ2) is 5.56. The molecule has 1 rings (SSSR count). The predicted octanol–water partition coefficient (Wildman–Crippen LogP) is 2.90. The Morgan fingerprint density at radius 3 is 2.19 bits per heavy atom. The van der Waals surface area contributed by atoms with Crippen molar-refractivity contribution in [2.75, 3.05) is 5.88 Å². The molecule has 1 aromatic rings. The molecule has 90 valence electrons. The van der Waals surface area contributed by atoms with Crippen LogP contribution in [0.25, 0.3) is 0 Å². The Hall–Kier alpha value is -0.000000000000000111. The molecule has 0 radical (unpaired) electrons. The number of halogens is 3. The van der Waals surface area contributed by atoms with Gasteiger partial charge in [0.25, 0.3) is 0 Å². The van der Waals surface area contributed by atoms with E-state index in [2.05, 4.69) is 4.72 Å². The number of hydrogen-bond donors (Lipinski definition) is 1. The zero-order valence-corrected chi connectivity index (χ0v) is 11.5. The molecule has 3 nitrogen and oxygen atoms in total. The van der Waals surface area contributed by atoms with Crippen LogP contribution in [0.3, 0.4) is 0 Å². The molecule has 0 bridgehead atoms. The number of hydrogen-bond acceptors (Lipinski definition) is 2. The summed E-state index contributed by atoms with van der Waals surface area (Å²) >= 11 is 17.0. The Kier molecular flexibility index (Phi) is 4.88. The highest BCUT2D eigenvalue weighted by Crippen LogP contribution is 2.22. The van der Waals surface area contributed by atoms with Crippen LogP contribution < -0.4 is 4.72 Å². The second-order valence-electron chi connectivity index (χ2n) is 3.28. The standard InChI is InChI=1S/C9H10Cl3NO2S/c1-6(5-10)13-16(14,15)9-3-7(11)2-8(12)4-9/h2-4,6,13H,5H2,1H3. The van der Waals surface area contributed by atoms with Gasteiger partial charge in [0.05, 0.1) is 4.90 Å². The van der Waals surface area contributed by atoms with E-state index in [1.54, 1.807) is 6.92 Å². The van der Waals surface area contributed by atoms with Crippen LogP contribution in [0.2, 0.25) is 10.0 Å². The zero-order valence-electron chi connectivity index (χ0n) is 8.38. The van der Waals surface area contributed by atoms with E-state index in [9.17, 15) is 8.42 Å². The summed E-state index contributed by atoms with van der Waals surface area (Å²) in [6.45, 7) is 1.66. The van der Waals surface area contributed by atoms with E-state index in [-0.39, 0.29) is 26.9 Å². The molecule has 1 atom stereocenters. The SMILES string of the molecule is CC(CCl)NS(=O)(=O)c1cc(Cl)cc(Cl)c1. The molecular weight excluding hydrogens is 293 g/mol. The first-order chi connectivity index (χ1) is 7.35. The molecule has 7 heteroatoms. The second-order valence-corrected chi connectivity index (χ2v) is 6.18. The third-order valence-electron chi connectivity index (χ3n) is 1.73. The molecule has 0 aromatic heterocycles. The molecule has 0 saturated heterocycles. The maximum absolute atomic E-state index is 11.8. The van der Waals surface area contributed by atoms with Crippen molar-refractivity contribution in [1.29, 1.82) is 0 Å². The van der Waals surface area contributed by atoms with Gasteiger partial charge in [0, 0.05) is 22.0 Å². The van der Waals surface area contributed by atoms with Gasteiger partial charge in [0.15, 0.2) is 0 Å². The predicted molar refractivity (Wildman–Crippen MR) is 67.0 cm³/mol. The molecule has 0 amide bonds. The lowest BCUT2D eigenvalue weighted by atomic mass is 10.4. The average Bonchev–Trinajstić information content (AvgIpc) is 2.15. The molecule has 0 aliphatic carbocycles. The van der Waals surface area contributed by atoms with Crippen LogP contribution in [0.5, 0.6) is 0 Å². The van der Waals surface area contributed by atoms with Crippen molar-refractivity contribution in [1.82, 2.24) is 4.72 Å². The highest BCUT2D eigenvalue weighted by atomic mass is 35.5. The largest absolute Gasteiger partial charge is 0.240 e. The van der Waals surface area contributed by atoms with Crippen molar-refractivity contribution >= 4 is 44.8 Å². The topological polar surface area (TPSA) is 46.2 Å². The number of sulfonamides is 1. The minimum absolute atomic E-state index is 0.0296. The number of rotatable bonds is 4. The third-order valence-corrected chi connectivity index (χ3v) is 4.20. The van der Waals surface area contributed by atoms with E-state index < -0.39 is 10.0 Å². The number of nitrogens with one attached hydrogen (secondary N) is 1. The Labute approximate surface area is 110 Å². The highest BCUT2D eigenvalue weighted by Gasteiger charge is 2.17. The summed E-state index contributed by atoms with van der Waals surface area (Å²) in [7, 11) is -3.62. The van der Waals surface area contributed by atoms with Crippen LogP contribution in [-0.4, -0.2) is 20.3 Å². The smallest absolute Gasteiger partial charge is 0.207 e. The van der Waals surface area contributed by atoms with Crippen LogP contribution in [0.15, 0.2) is 23.1 Å². The van der Waals surface area contributed by atoms with Gasteiger partial charge in [-0.3, -0.25) is 0 Å². The van der Waals surface area contributed by atoms with E-state index in [0.717, 1.165) is 0 Å². The summed E-state index contributed by atoms with van der Waals surface area (Å²) in [4.78, 5) is 0.0296. The summed E-state index contributed by atoms with van der Waals surface area (Å²) in [6.07, 6.45) is 0. The minimum Gasteiger partial charge on any atom is -0.207 e. The molecule has 1 unspecified atom stereocenters. The Morgan fingerprint density at radius 2 is 1.75 bits per heavy atom. The molecular formula is C9H10Cl3NO2S. The summed E-state index contributed by atoms with van der Waals surface area (Å²) in [6, 6.07) is 3.77. The van der Waals surface area contributed by atoms with Crippen LogP contribution in [-0.2, 0) is 10.0 Å². The van der Waals surface area contributed by atoms with Gasteiger partial charge in [-0.1, -0.05) is 23.2 Å². The van der Waals surface area contributed by atoms with Crippen LogP contribution in [0.1, 0.15) is 6.92 Å². The quantitative estimate of drug-likeness (QED) is 0.869. The molecule has 16 heavy (non-hydrogen) atoms. The Morgan fingerprint density at radius 1 is 1.25 bits per heavy atom. The van der Waals surface area contributed by atoms with Crippen LogP contribution in [0, 0.1) is 0 Å². The fraction of sp³-hybridized carbons (Fsp3) is 0.333. The van der Waals surface area contributed by atoms with E-state index >= 15 is 0 Å². The first kappa shape index (κ1) is 14.1. The van der Waals surface area contributed by atoms with Gasteiger partial charge in [-0.15, -0.1) is 11.6 Å². The molecule has 1 N–H and O–H groups in total. The van der Waals surface area contributed by atoms with Gasteiger partial charge in [-0.05, 0) is 25.1 Å². The third kappa shape index (κ3) is 3.79. The van der Waals surface area contributed by atoms with Crippen LogP contribution >= 0.6 is 34.8 Å². The maximum atomic E-state index is 11.8. The molecule has 0 fully saturated rings. The van der Waals surface area contributed by atoms with Crippen LogP contribution in [0.4, 0.5) is 0 Å². The summed E-state index contributed by atoms with van der Waals surface area (Å²) in [5, 5.41) is 0.540. The first-order valence-corrected chi connectivity index (χ1v) is 7.17. The summed E-state index contributed by atoms with van der Waals surface area (Å²) in [5.74, 6) is 0.188. The number of alkyl halides is 1. The Bertz CT molecular complexity index is 455. The van der Waals surface area contributed by atoms with E-state index in [0.29, 0.717) is 0 Å². The normalized spacial score (nSPS) is 13.8. The van der Waals surface area contributed by atoms with Gasteiger partial charge in [-0.25, -0.2) is 13.1 Å². The fourth-order valence-corrected chi connectivity index (χ4v) is 3.19. The minimum atomic E-state index is -3.62.